The Morgan fingerprint density at radius 3 is 2.45 bits per heavy atom. The molecule has 20 heavy (non-hydrogen) atoms. The SMILES string of the molecule is Fc1ccc(Oc2ccc(N3CCNCC3)cc2)nc1. The predicted molar refractivity (Wildman–Crippen MR) is 75.8 cm³/mol. The third-order valence-electron chi connectivity index (χ3n) is 3.24. The largest absolute Gasteiger partial charge is 0.439 e. The third kappa shape index (κ3) is 3.05. The van der Waals surface area contributed by atoms with Gasteiger partial charge in [0.05, 0.1) is 6.20 Å². The lowest BCUT2D eigenvalue weighted by molar-refractivity contribution is 0.459. The second-order valence-electron chi connectivity index (χ2n) is 4.65. The van der Waals surface area contributed by atoms with Crippen LogP contribution in [0.2, 0.25) is 0 Å². The molecule has 0 bridgehead atoms. The summed E-state index contributed by atoms with van der Waals surface area (Å²) in [6, 6.07) is 10.7. The molecule has 0 amide bonds. The van der Waals surface area contributed by atoms with Crippen LogP contribution >= 0.6 is 0 Å². The highest BCUT2D eigenvalue weighted by molar-refractivity contribution is 5.49. The van der Waals surface area contributed by atoms with Gasteiger partial charge in [-0.1, -0.05) is 0 Å². The fourth-order valence-corrected chi connectivity index (χ4v) is 2.19. The van der Waals surface area contributed by atoms with Crippen molar-refractivity contribution < 1.29 is 9.13 Å². The highest BCUT2D eigenvalue weighted by atomic mass is 19.1. The molecular weight excluding hydrogens is 257 g/mol. The molecule has 1 N–H and O–H groups in total. The van der Waals surface area contributed by atoms with Gasteiger partial charge in [0.15, 0.2) is 0 Å². The van der Waals surface area contributed by atoms with Crippen LogP contribution in [0.4, 0.5) is 10.1 Å². The molecule has 0 radical (unpaired) electrons. The third-order valence-corrected chi connectivity index (χ3v) is 3.24. The molecule has 2 heterocycles. The summed E-state index contributed by atoms with van der Waals surface area (Å²) in [5, 5.41) is 3.33. The molecule has 2 aromatic rings. The monoisotopic (exact) mass is 273 g/mol. The molecule has 1 aromatic heterocycles. The van der Waals surface area contributed by atoms with E-state index in [4.69, 9.17) is 4.74 Å². The minimum atomic E-state index is -0.369. The Morgan fingerprint density at radius 1 is 1.05 bits per heavy atom. The molecule has 1 aliphatic rings. The van der Waals surface area contributed by atoms with Gasteiger partial charge in [-0.2, -0.15) is 0 Å². The first-order chi connectivity index (χ1) is 9.81. The molecule has 3 rings (SSSR count). The average molecular weight is 273 g/mol. The number of hydrogen-bond donors (Lipinski definition) is 1. The Morgan fingerprint density at radius 2 is 1.80 bits per heavy atom. The topological polar surface area (TPSA) is 37.4 Å². The molecule has 1 saturated heterocycles. The highest BCUT2D eigenvalue weighted by Gasteiger charge is 2.10. The number of nitrogens with zero attached hydrogens (tertiary/aromatic N) is 2. The summed E-state index contributed by atoms with van der Waals surface area (Å²) in [7, 11) is 0. The molecule has 1 aliphatic heterocycles. The van der Waals surface area contributed by atoms with Crippen molar-refractivity contribution in [3.8, 4) is 11.6 Å². The van der Waals surface area contributed by atoms with Gasteiger partial charge in [0.2, 0.25) is 5.88 Å². The number of aromatic nitrogens is 1. The number of halogens is 1. The van der Waals surface area contributed by atoms with E-state index in [1.807, 2.05) is 24.3 Å². The van der Waals surface area contributed by atoms with Crippen LogP contribution in [-0.4, -0.2) is 31.2 Å². The number of piperazine rings is 1. The van der Waals surface area contributed by atoms with E-state index in [0.29, 0.717) is 11.6 Å². The first kappa shape index (κ1) is 12.9. The number of nitrogens with one attached hydrogen (secondary N) is 1. The number of hydrogen-bond acceptors (Lipinski definition) is 4. The van der Waals surface area contributed by atoms with Crippen molar-refractivity contribution in [1.29, 1.82) is 0 Å². The Labute approximate surface area is 117 Å². The van der Waals surface area contributed by atoms with E-state index in [-0.39, 0.29) is 5.82 Å². The van der Waals surface area contributed by atoms with Crippen molar-refractivity contribution in [2.45, 2.75) is 0 Å². The predicted octanol–water partition coefficient (Wildman–Crippen LogP) is 2.42. The number of pyridine rings is 1. The van der Waals surface area contributed by atoms with E-state index in [1.165, 1.54) is 17.8 Å². The average Bonchev–Trinajstić information content (AvgIpc) is 2.51. The summed E-state index contributed by atoms with van der Waals surface area (Å²) in [4.78, 5) is 6.20. The summed E-state index contributed by atoms with van der Waals surface area (Å²) in [6.07, 6.45) is 1.14. The van der Waals surface area contributed by atoms with E-state index in [0.717, 1.165) is 32.4 Å². The minimum absolute atomic E-state index is 0.369. The van der Waals surface area contributed by atoms with Gasteiger partial charge in [-0.15, -0.1) is 0 Å². The molecule has 0 unspecified atom stereocenters. The van der Waals surface area contributed by atoms with Gasteiger partial charge < -0.3 is 15.0 Å². The quantitative estimate of drug-likeness (QED) is 0.932. The molecule has 0 saturated carbocycles. The van der Waals surface area contributed by atoms with Crippen molar-refractivity contribution in [3.05, 3.63) is 48.4 Å². The molecule has 0 aliphatic carbocycles. The Hall–Kier alpha value is -2.14. The standard InChI is InChI=1S/C15H16FN3O/c16-12-1-6-15(18-11-12)20-14-4-2-13(3-5-14)19-9-7-17-8-10-19/h1-6,11,17H,7-10H2. The maximum absolute atomic E-state index is 12.8. The number of benzene rings is 1. The number of rotatable bonds is 3. The molecule has 1 fully saturated rings. The minimum Gasteiger partial charge on any atom is -0.439 e. The molecule has 1 aromatic carbocycles. The van der Waals surface area contributed by atoms with E-state index in [2.05, 4.69) is 15.2 Å². The summed E-state index contributed by atoms with van der Waals surface area (Å²) in [5.41, 5.74) is 1.19. The van der Waals surface area contributed by atoms with Gasteiger partial charge in [0.1, 0.15) is 11.6 Å². The smallest absolute Gasteiger partial charge is 0.219 e. The molecule has 0 spiro atoms. The maximum atomic E-state index is 12.8. The zero-order valence-corrected chi connectivity index (χ0v) is 11.1. The van der Waals surface area contributed by atoms with Gasteiger partial charge in [-0.3, -0.25) is 0 Å². The summed E-state index contributed by atoms with van der Waals surface area (Å²) < 4.78 is 18.3. The molecular formula is C15H16FN3O. The number of ether oxygens (including phenoxy) is 1. The fourth-order valence-electron chi connectivity index (χ4n) is 2.19. The molecule has 4 nitrogen and oxygen atoms in total. The van der Waals surface area contributed by atoms with Crippen molar-refractivity contribution in [2.24, 2.45) is 0 Å². The van der Waals surface area contributed by atoms with E-state index >= 15 is 0 Å². The van der Waals surface area contributed by atoms with E-state index in [1.54, 1.807) is 0 Å². The molecule has 0 atom stereocenters. The zero-order chi connectivity index (χ0) is 13.8. The van der Waals surface area contributed by atoms with Crippen LogP contribution in [0, 0.1) is 5.82 Å². The first-order valence-corrected chi connectivity index (χ1v) is 6.66. The van der Waals surface area contributed by atoms with Gasteiger partial charge in [0.25, 0.3) is 0 Å². The van der Waals surface area contributed by atoms with Gasteiger partial charge in [-0.25, -0.2) is 9.37 Å². The zero-order valence-electron chi connectivity index (χ0n) is 11.1. The Bertz CT molecular complexity index is 550. The summed E-state index contributed by atoms with van der Waals surface area (Å²) in [5.74, 6) is 0.718. The Kier molecular flexibility index (Phi) is 3.78. The fraction of sp³-hybridized carbons (Fsp3) is 0.267. The molecule has 5 heteroatoms. The second kappa shape index (κ2) is 5.88. The number of anilines is 1. The van der Waals surface area contributed by atoms with Crippen molar-refractivity contribution in [3.63, 3.8) is 0 Å². The first-order valence-electron chi connectivity index (χ1n) is 6.66. The van der Waals surface area contributed by atoms with Crippen molar-refractivity contribution >= 4 is 5.69 Å². The van der Waals surface area contributed by atoms with E-state index < -0.39 is 0 Å². The van der Waals surface area contributed by atoms with Gasteiger partial charge in [0, 0.05) is 37.9 Å². The van der Waals surface area contributed by atoms with Gasteiger partial charge in [-0.05, 0) is 30.3 Å². The van der Waals surface area contributed by atoms with Crippen molar-refractivity contribution in [1.82, 2.24) is 10.3 Å². The maximum Gasteiger partial charge on any atom is 0.219 e. The van der Waals surface area contributed by atoms with Gasteiger partial charge >= 0.3 is 0 Å². The lowest BCUT2D eigenvalue weighted by Crippen LogP contribution is -2.43. The van der Waals surface area contributed by atoms with Crippen LogP contribution in [0.25, 0.3) is 0 Å². The summed E-state index contributed by atoms with van der Waals surface area (Å²) in [6.45, 7) is 4.05. The normalized spacial score (nSPS) is 15.2. The summed E-state index contributed by atoms with van der Waals surface area (Å²) >= 11 is 0. The van der Waals surface area contributed by atoms with Crippen molar-refractivity contribution in [2.75, 3.05) is 31.1 Å². The van der Waals surface area contributed by atoms with Crippen LogP contribution < -0.4 is 15.0 Å². The second-order valence-corrected chi connectivity index (χ2v) is 4.65. The molecule has 104 valence electrons. The van der Waals surface area contributed by atoms with Crippen LogP contribution in [0.5, 0.6) is 11.6 Å². The van der Waals surface area contributed by atoms with Crippen LogP contribution in [0.3, 0.4) is 0 Å². The van der Waals surface area contributed by atoms with Crippen LogP contribution in [0.1, 0.15) is 0 Å². The lowest BCUT2D eigenvalue weighted by Gasteiger charge is -2.29. The van der Waals surface area contributed by atoms with Crippen LogP contribution in [0.15, 0.2) is 42.6 Å². The van der Waals surface area contributed by atoms with Crippen LogP contribution in [-0.2, 0) is 0 Å². The highest BCUT2D eigenvalue weighted by Crippen LogP contribution is 2.23. The Balaban J connectivity index is 1.67. The lowest BCUT2D eigenvalue weighted by atomic mass is 10.2. The van der Waals surface area contributed by atoms with E-state index in [9.17, 15) is 4.39 Å².